The zero-order chi connectivity index (χ0) is 18.7. The van der Waals surface area contributed by atoms with Gasteiger partial charge in [0.25, 0.3) is 0 Å². The standard InChI is InChI=1S/C15H10F3N3O4S/c16-13-5-6-14(21-9-19-8-20-21)15(17)12(13)7-24-10-1-3-11(4-2-10)25-26(18,22)23/h1-6,8-9H,7H2. The molecular weight excluding hydrogens is 375 g/mol. The third kappa shape index (κ3) is 4.11. The molecule has 3 aromatic rings. The molecule has 0 unspecified atom stereocenters. The molecule has 2 aromatic carbocycles. The quantitative estimate of drug-likeness (QED) is 0.607. The Morgan fingerprint density at radius 3 is 2.35 bits per heavy atom. The molecule has 1 heterocycles. The van der Waals surface area contributed by atoms with Crippen LogP contribution < -0.4 is 8.92 Å². The molecule has 0 aliphatic carbocycles. The summed E-state index contributed by atoms with van der Waals surface area (Å²) in [7, 11) is -5.14. The summed E-state index contributed by atoms with van der Waals surface area (Å²) in [5.41, 5.74) is -0.330. The normalized spacial score (nSPS) is 11.3. The van der Waals surface area contributed by atoms with E-state index in [1.54, 1.807) is 0 Å². The topological polar surface area (TPSA) is 83.3 Å². The minimum atomic E-state index is -5.14. The Hall–Kier alpha value is -3.08. The predicted molar refractivity (Wildman–Crippen MR) is 82.7 cm³/mol. The van der Waals surface area contributed by atoms with E-state index in [-0.39, 0.29) is 22.7 Å². The van der Waals surface area contributed by atoms with E-state index < -0.39 is 28.7 Å². The van der Waals surface area contributed by atoms with Crippen LogP contribution >= 0.6 is 0 Å². The van der Waals surface area contributed by atoms with Crippen molar-refractivity contribution in [3.8, 4) is 17.2 Å². The van der Waals surface area contributed by atoms with Gasteiger partial charge in [-0.1, -0.05) is 3.89 Å². The summed E-state index contributed by atoms with van der Waals surface area (Å²) in [6, 6.07) is 7.07. The summed E-state index contributed by atoms with van der Waals surface area (Å²) in [5, 5.41) is 3.78. The third-order valence-corrected chi connectivity index (χ3v) is 3.63. The van der Waals surface area contributed by atoms with E-state index >= 15 is 0 Å². The minimum Gasteiger partial charge on any atom is -0.489 e. The molecule has 0 bridgehead atoms. The highest BCUT2D eigenvalue weighted by Gasteiger charge is 2.16. The summed E-state index contributed by atoms with van der Waals surface area (Å²) < 4.78 is 72.1. The Morgan fingerprint density at radius 1 is 1.04 bits per heavy atom. The molecule has 0 saturated heterocycles. The monoisotopic (exact) mass is 385 g/mol. The third-order valence-electron chi connectivity index (χ3n) is 3.23. The number of nitrogens with zero attached hydrogens (tertiary/aromatic N) is 3. The number of hydrogen-bond acceptors (Lipinski definition) is 6. The van der Waals surface area contributed by atoms with Crippen molar-refractivity contribution in [1.29, 1.82) is 0 Å². The van der Waals surface area contributed by atoms with E-state index in [9.17, 15) is 21.1 Å². The van der Waals surface area contributed by atoms with Crippen molar-refractivity contribution in [2.75, 3.05) is 0 Å². The van der Waals surface area contributed by atoms with Crippen molar-refractivity contribution < 1.29 is 30.0 Å². The van der Waals surface area contributed by atoms with Crippen LogP contribution in [0.1, 0.15) is 5.56 Å². The molecule has 0 radical (unpaired) electrons. The maximum atomic E-state index is 14.5. The van der Waals surface area contributed by atoms with E-state index in [4.69, 9.17) is 4.74 Å². The molecule has 0 aliphatic heterocycles. The van der Waals surface area contributed by atoms with Crippen molar-refractivity contribution in [3.05, 3.63) is 66.3 Å². The van der Waals surface area contributed by atoms with Gasteiger partial charge in [-0.05, 0) is 36.4 Å². The van der Waals surface area contributed by atoms with Gasteiger partial charge in [0.15, 0.2) is 5.82 Å². The first-order valence-corrected chi connectivity index (χ1v) is 8.33. The van der Waals surface area contributed by atoms with Gasteiger partial charge in [-0.25, -0.2) is 18.4 Å². The Morgan fingerprint density at radius 2 is 1.73 bits per heavy atom. The van der Waals surface area contributed by atoms with Crippen LogP contribution in [0, 0.1) is 11.6 Å². The summed E-state index contributed by atoms with van der Waals surface area (Å²) >= 11 is 0. The molecule has 0 atom stereocenters. The van der Waals surface area contributed by atoms with E-state index in [2.05, 4.69) is 14.3 Å². The molecule has 26 heavy (non-hydrogen) atoms. The second-order valence-electron chi connectivity index (χ2n) is 4.94. The number of halogens is 3. The van der Waals surface area contributed by atoms with Crippen molar-refractivity contribution in [3.63, 3.8) is 0 Å². The molecule has 0 saturated carbocycles. The fourth-order valence-corrected chi connectivity index (χ4v) is 2.43. The average Bonchev–Trinajstić information content (AvgIpc) is 3.09. The molecule has 3 rings (SSSR count). The summed E-state index contributed by atoms with van der Waals surface area (Å²) in [4.78, 5) is 3.70. The average molecular weight is 385 g/mol. The number of hydrogen-bond donors (Lipinski definition) is 0. The number of rotatable bonds is 6. The molecule has 11 heteroatoms. The van der Waals surface area contributed by atoms with E-state index in [1.165, 1.54) is 30.9 Å². The minimum absolute atomic E-state index is 0.000555. The molecular formula is C15H10F3N3O4S. The second kappa shape index (κ2) is 7.04. The maximum absolute atomic E-state index is 14.5. The Bertz CT molecular complexity index is 1010. The fraction of sp³-hybridized carbons (Fsp3) is 0.0667. The number of ether oxygens (including phenoxy) is 1. The van der Waals surface area contributed by atoms with Crippen LogP contribution in [0.5, 0.6) is 11.5 Å². The lowest BCUT2D eigenvalue weighted by Crippen LogP contribution is -2.07. The fourth-order valence-electron chi connectivity index (χ4n) is 2.09. The molecule has 0 fully saturated rings. The first kappa shape index (κ1) is 17.7. The van der Waals surface area contributed by atoms with Gasteiger partial charge in [-0.3, -0.25) is 0 Å². The molecule has 1 aromatic heterocycles. The van der Waals surface area contributed by atoms with Crippen molar-refractivity contribution >= 4 is 10.5 Å². The van der Waals surface area contributed by atoms with Gasteiger partial charge < -0.3 is 8.92 Å². The zero-order valence-electron chi connectivity index (χ0n) is 12.8. The van der Waals surface area contributed by atoms with Crippen molar-refractivity contribution in [2.24, 2.45) is 0 Å². The van der Waals surface area contributed by atoms with Gasteiger partial charge in [-0.15, -0.1) is 0 Å². The molecule has 0 amide bonds. The number of aromatic nitrogens is 3. The Balaban J connectivity index is 1.76. The first-order chi connectivity index (χ1) is 12.3. The van der Waals surface area contributed by atoms with Crippen LogP contribution in [0.3, 0.4) is 0 Å². The van der Waals surface area contributed by atoms with E-state index in [0.29, 0.717) is 0 Å². The van der Waals surface area contributed by atoms with Gasteiger partial charge in [0.05, 0.1) is 5.56 Å². The Kier molecular flexibility index (Phi) is 4.80. The molecule has 0 N–H and O–H groups in total. The highest BCUT2D eigenvalue weighted by atomic mass is 32.3. The van der Waals surface area contributed by atoms with E-state index in [1.807, 2.05) is 0 Å². The SMILES string of the molecule is O=S(=O)(F)Oc1ccc(OCc2c(F)ccc(-n3cncn3)c2F)cc1. The molecule has 7 nitrogen and oxygen atoms in total. The Labute approximate surface area is 146 Å². The maximum Gasteiger partial charge on any atom is 0.488 e. The van der Waals surface area contributed by atoms with Crippen LogP contribution in [0.2, 0.25) is 0 Å². The van der Waals surface area contributed by atoms with Crippen molar-refractivity contribution in [1.82, 2.24) is 14.8 Å². The lowest BCUT2D eigenvalue weighted by Gasteiger charge is -2.11. The molecule has 0 spiro atoms. The molecule has 136 valence electrons. The first-order valence-electron chi connectivity index (χ1n) is 7.02. The van der Waals surface area contributed by atoms with Crippen LogP contribution in [-0.2, 0) is 17.1 Å². The second-order valence-corrected chi connectivity index (χ2v) is 5.89. The summed E-state index contributed by atoms with van der Waals surface area (Å²) in [6.45, 7) is -0.443. The van der Waals surface area contributed by atoms with Crippen LogP contribution in [0.25, 0.3) is 5.69 Å². The molecule has 0 aliphatic rings. The van der Waals surface area contributed by atoms with Crippen LogP contribution in [-0.4, -0.2) is 23.2 Å². The van der Waals surface area contributed by atoms with Gasteiger partial charge in [0, 0.05) is 0 Å². The number of benzene rings is 2. The lowest BCUT2D eigenvalue weighted by molar-refractivity contribution is 0.292. The summed E-state index contributed by atoms with van der Waals surface area (Å²) in [6.07, 6.45) is 2.47. The lowest BCUT2D eigenvalue weighted by atomic mass is 10.2. The van der Waals surface area contributed by atoms with Crippen LogP contribution in [0.15, 0.2) is 49.1 Å². The van der Waals surface area contributed by atoms with Crippen molar-refractivity contribution in [2.45, 2.75) is 6.61 Å². The van der Waals surface area contributed by atoms with Gasteiger partial charge in [-0.2, -0.15) is 13.5 Å². The highest BCUT2D eigenvalue weighted by Crippen LogP contribution is 2.23. The van der Waals surface area contributed by atoms with Crippen LogP contribution in [0.4, 0.5) is 12.7 Å². The zero-order valence-corrected chi connectivity index (χ0v) is 13.7. The van der Waals surface area contributed by atoms with Gasteiger partial charge >= 0.3 is 10.5 Å². The smallest absolute Gasteiger partial charge is 0.488 e. The highest BCUT2D eigenvalue weighted by molar-refractivity contribution is 7.81. The van der Waals surface area contributed by atoms with Gasteiger partial charge in [0.1, 0.15) is 42.3 Å². The van der Waals surface area contributed by atoms with Gasteiger partial charge in [0.2, 0.25) is 0 Å². The van der Waals surface area contributed by atoms with E-state index in [0.717, 1.165) is 22.9 Å². The largest absolute Gasteiger partial charge is 0.489 e. The summed E-state index contributed by atoms with van der Waals surface area (Å²) in [5.74, 6) is -1.78. The predicted octanol–water partition coefficient (Wildman–Crippen LogP) is 2.72.